The van der Waals surface area contributed by atoms with Crippen molar-refractivity contribution in [2.75, 3.05) is 5.75 Å². The normalized spacial score (nSPS) is 13.0. The number of aromatic nitrogens is 2. The lowest BCUT2D eigenvalue weighted by molar-refractivity contribution is -0.120. The predicted molar refractivity (Wildman–Crippen MR) is 121 cm³/mol. The maximum atomic E-state index is 12.5. The number of aryl methyl sites for hydroxylation is 4. The van der Waals surface area contributed by atoms with Crippen molar-refractivity contribution in [3.8, 4) is 0 Å². The number of nitrogens with zero attached hydrogens (tertiary/aromatic N) is 1. The summed E-state index contributed by atoms with van der Waals surface area (Å²) in [5.41, 5.74) is 4.76. The first-order valence-electron chi connectivity index (χ1n) is 9.95. The third-order valence-electron chi connectivity index (χ3n) is 5.31. The summed E-state index contributed by atoms with van der Waals surface area (Å²) in [5, 5.41) is 3.78. The molecule has 0 bridgehead atoms. The predicted octanol–water partition coefficient (Wildman–Crippen LogP) is 4.03. The van der Waals surface area contributed by atoms with E-state index in [1.54, 1.807) is 23.1 Å². The molecule has 0 saturated heterocycles. The highest BCUT2D eigenvalue weighted by Crippen LogP contribution is 2.34. The number of amides is 1. The van der Waals surface area contributed by atoms with Gasteiger partial charge in [-0.1, -0.05) is 23.8 Å². The number of hydrogen-bond donors (Lipinski definition) is 2. The maximum Gasteiger partial charge on any atom is 0.259 e. The van der Waals surface area contributed by atoms with Crippen LogP contribution in [-0.2, 0) is 29.9 Å². The molecule has 0 unspecified atom stereocenters. The molecule has 5 nitrogen and oxygen atoms in total. The standard InChI is InChI=1S/C22H25N3O2S2/c1-13-6-7-15(14(2)10-13)11-23-19(26)8-9-28-12-18-24-21(27)20-16-4-3-5-17(16)29-22(20)25-18/h6-7,10H,3-5,8-9,11-12H2,1-2H3,(H,23,26)(H,24,25,27). The molecule has 3 aromatic rings. The van der Waals surface area contributed by atoms with Crippen molar-refractivity contribution in [2.45, 2.75) is 51.8 Å². The van der Waals surface area contributed by atoms with Crippen molar-refractivity contribution in [1.29, 1.82) is 0 Å². The zero-order valence-corrected chi connectivity index (χ0v) is 18.4. The molecule has 0 saturated carbocycles. The van der Waals surface area contributed by atoms with E-state index in [9.17, 15) is 9.59 Å². The molecular weight excluding hydrogens is 402 g/mol. The van der Waals surface area contributed by atoms with Crippen LogP contribution in [0.15, 0.2) is 23.0 Å². The summed E-state index contributed by atoms with van der Waals surface area (Å²) in [6.07, 6.45) is 3.65. The molecule has 152 valence electrons. The number of thiophene rings is 1. The smallest absolute Gasteiger partial charge is 0.259 e. The molecule has 1 aliphatic carbocycles. The van der Waals surface area contributed by atoms with Gasteiger partial charge in [0.15, 0.2) is 0 Å². The number of benzene rings is 1. The summed E-state index contributed by atoms with van der Waals surface area (Å²) in [6, 6.07) is 6.26. The third kappa shape index (κ3) is 4.56. The van der Waals surface area contributed by atoms with Crippen LogP contribution >= 0.6 is 23.1 Å². The first kappa shape index (κ1) is 20.2. The Balaban J connectivity index is 1.26. The number of fused-ring (bicyclic) bond motifs is 3. The van der Waals surface area contributed by atoms with Crippen molar-refractivity contribution in [2.24, 2.45) is 0 Å². The van der Waals surface area contributed by atoms with E-state index in [0.717, 1.165) is 35.0 Å². The number of aromatic amines is 1. The van der Waals surface area contributed by atoms with Gasteiger partial charge in [-0.25, -0.2) is 4.98 Å². The van der Waals surface area contributed by atoms with Crippen LogP contribution in [0.25, 0.3) is 10.2 Å². The van der Waals surface area contributed by atoms with Crippen LogP contribution < -0.4 is 10.9 Å². The molecule has 7 heteroatoms. The Kier molecular flexibility index (Phi) is 6.06. The van der Waals surface area contributed by atoms with Crippen molar-refractivity contribution < 1.29 is 4.79 Å². The van der Waals surface area contributed by atoms with Gasteiger partial charge in [0.25, 0.3) is 5.56 Å². The van der Waals surface area contributed by atoms with Crippen LogP contribution in [0.2, 0.25) is 0 Å². The van der Waals surface area contributed by atoms with E-state index >= 15 is 0 Å². The largest absolute Gasteiger partial charge is 0.352 e. The molecule has 0 atom stereocenters. The Bertz CT molecular complexity index is 1120. The van der Waals surface area contributed by atoms with E-state index < -0.39 is 0 Å². The Morgan fingerprint density at radius 1 is 1.31 bits per heavy atom. The molecule has 1 aliphatic rings. The van der Waals surface area contributed by atoms with Gasteiger partial charge >= 0.3 is 0 Å². The molecule has 2 aromatic heterocycles. The zero-order chi connectivity index (χ0) is 20.4. The Morgan fingerprint density at radius 3 is 3.00 bits per heavy atom. The van der Waals surface area contributed by atoms with Crippen LogP contribution in [0, 0.1) is 13.8 Å². The van der Waals surface area contributed by atoms with Crippen molar-refractivity contribution in [3.05, 3.63) is 61.5 Å². The molecule has 29 heavy (non-hydrogen) atoms. The highest BCUT2D eigenvalue weighted by molar-refractivity contribution is 7.98. The first-order valence-corrected chi connectivity index (χ1v) is 11.9. The summed E-state index contributed by atoms with van der Waals surface area (Å²) in [4.78, 5) is 34.4. The Labute approximate surface area is 178 Å². The van der Waals surface area contributed by atoms with E-state index in [-0.39, 0.29) is 11.5 Å². The van der Waals surface area contributed by atoms with Crippen molar-refractivity contribution in [1.82, 2.24) is 15.3 Å². The second-order valence-electron chi connectivity index (χ2n) is 7.56. The van der Waals surface area contributed by atoms with Gasteiger partial charge in [0.2, 0.25) is 5.91 Å². The summed E-state index contributed by atoms with van der Waals surface area (Å²) in [5.74, 6) is 2.05. The summed E-state index contributed by atoms with van der Waals surface area (Å²) in [6.45, 7) is 4.69. The van der Waals surface area contributed by atoms with E-state index in [0.29, 0.717) is 30.3 Å². The lowest BCUT2D eigenvalue weighted by Gasteiger charge is -2.09. The Morgan fingerprint density at radius 2 is 2.17 bits per heavy atom. The number of rotatable bonds is 7. The molecule has 2 N–H and O–H groups in total. The average molecular weight is 428 g/mol. The van der Waals surface area contributed by atoms with Crippen LogP contribution in [0.3, 0.4) is 0 Å². The van der Waals surface area contributed by atoms with Crippen molar-refractivity contribution in [3.63, 3.8) is 0 Å². The SMILES string of the molecule is Cc1ccc(CNC(=O)CCSCc2nc3sc4c(c3c(=O)[nH]2)CCC4)c(C)c1. The Hall–Kier alpha value is -2.12. The van der Waals surface area contributed by atoms with E-state index in [2.05, 4.69) is 47.3 Å². The minimum Gasteiger partial charge on any atom is -0.352 e. The number of carbonyl (C=O) groups excluding carboxylic acids is 1. The third-order valence-corrected chi connectivity index (χ3v) is 7.47. The van der Waals surface area contributed by atoms with Gasteiger partial charge in [0.05, 0.1) is 11.1 Å². The van der Waals surface area contributed by atoms with Crippen LogP contribution in [0.1, 0.15) is 45.8 Å². The minimum absolute atomic E-state index is 0.0174. The van der Waals surface area contributed by atoms with Gasteiger partial charge in [-0.3, -0.25) is 9.59 Å². The van der Waals surface area contributed by atoms with E-state index in [1.165, 1.54) is 21.6 Å². The second-order valence-corrected chi connectivity index (χ2v) is 9.75. The van der Waals surface area contributed by atoms with Gasteiger partial charge in [-0.2, -0.15) is 11.8 Å². The molecule has 1 amide bonds. The minimum atomic E-state index is -0.0174. The number of H-pyrrole nitrogens is 1. The van der Waals surface area contributed by atoms with E-state index in [1.807, 2.05) is 0 Å². The molecule has 2 heterocycles. The van der Waals surface area contributed by atoms with Gasteiger partial charge in [-0.15, -0.1) is 11.3 Å². The summed E-state index contributed by atoms with van der Waals surface area (Å²) in [7, 11) is 0. The molecule has 0 spiro atoms. The molecular formula is C22H25N3O2S2. The zero-order valence-electron chi connectivity index (χ0n) is 16.8. The van der Waals surface area contributed by atoms with Crippen LogP contribution in [0.4, 0.5) is 0 Å². The molecule has 0 aliphatic heterocycles. The summed E-state index contributed by atoms with van der Waals surface area (Å²) < 4.78 is 0. The molecule has 1 aromatic carbocycles. The fourth-order valence-corrected chi connectivity index (χ4v) is 5.86. The van der Waals surface area contributed by atoms with E-state index in [4.69, 9.17) is 0 Å². The van der Waals surface area contributed by atoms with Crippen molar-refractivity contribution >= 4 is 39.2 Å². The molecule has 0 radical (unpaired) electrons. The number of nitrogens with one attached hydrogen (secondary N) is 2. The average Bonchev–Trinajstić information content (AvgIpc) is 3.25. The highest BCUT2D eigenvalue weighted by Gasteiger charge is 2.21. The number of hydrogen-bond acceptors (Lipinski definition) is 5. The van der Waals surface area contributed by atoms with Gasteiger partial charge in [-0.05, 0) is 49.8 Å². The van der Waals surface area contributed by atoms with Gasteiger partial charge in [0, 0.05) is 23.6 Å². The van der Waals surface area contributed by atoms with Crippen LogP contribution in [-0.4, -0.2) is 21.6 Å². The fraction of sp³-hybridized carbons (Fsp3) is 0.409. The maximum absolute atomic E-state index is 12.5. The highest BCUT2D eigenvalue weighted by atomic mass is 32.2. The quantitative estimate of drug-likeness (QED) is 0.558. The number of thioether (sulfide) groups is 1. The van der Waals surface area contributed by atoms with Crippen LogP contribution in [0.5, 0.6) is 0 Å². The lowest BCUT2D eigenvalue weighted by Crippen LogP contribution is -2.23. The van der Waals surface area contributed by atoms with Gasteiger partial charge < -0.3 is 10.3 Å². The fourth-order valence-electron chi connectivity index (χ4n) is 3.78. The lowest BCUT2D eigenvalue weighted by atomic mass is 10.1. The monoisotopic (exact) mass is 427 g/mol. The molecule has 4 rings (SSSR count). The molecule has 0 fully saturated rings. The number of carbonyl (C=O) groups is 1. The van der Waals surface area contributed by atoms with Gasteiger partial charge in [0.1, 0.15) is 10.7 Å². The summed E-state index contributed by atoms with van der Waals surface area (Å²) >= 11 is 3.28. The first-order chi connectivity index (χ1) is 14.0. The second kappa shape index (κ2) is 8.71. The topological polar surface area (TPSA) is 74.8 Å².